The number of β-lactam (4-membered cyclic amide) rings is 1. The molecular weight excluding hydrogens is 512 g/mol. The highest BCUT2D eigenvalue weighted by Crippen LogP contribution is 2.43. The van der Waals surface area contributed by atoms with Gasteiger partial charge in [0.2, 0.25) is 0 Å². The first-order valence-electron chi connectivity index (χ1n) is 10.3. The molecule has 2 aliphatic rings. The number of hydrogen-bond donors (Lipinski definition) is 4. The normalized spacial score (nSPS) is 19.5. The quantitative estimate of drug-likeness (QED) is 0.100. The highest BCUT2D eigenvalue weighted by Gasteiger charge is 2.54. The molecule has 2 atom stereocenters. The third kappa shape index (κ3) is 4.48. The number of pyridine rings is 1. The summed E-state index contributed by atoms with van der Waals surface area (Å²) in [6, 6.07) is 4.80. The number of nitrogens with zero attached hydrogens (tertiary/aromatic N) is 7. The Morgan fingerprint density at radius 3 is 2.83 bits per heavy atom. The summed E-state index contributed by atoms with van der Waals surface area (Å²) in [5, 5.41) is 29.9. The zero-order valence-electron chi connectivity index (χ0n) is 18.1. The summed E-state index contributed by atoms with van der Waals surface area (Å²) >= 11 is 2.50. The number of amides is 2. The number of nitrogens with one attached hydrogen (secondary N) is 2. The first-order valence-corrected chi connectivity index (χ1v) is 12.2. The monoisotopic (exact) mass is 529 g/mol. The van der Waals surface area contributed by atoms with Crippen molar-refractivity contribution in [2.45, 2.75) is 18.0 Å². The Kier molecular flexibility index (Phi) is 6.30. The predicted molar refractivity (Wildman–Crippen MR) is 125 cm³/mol. The minimum absolute atomic E-state index is 0.0201. The summed E-state index contributed by atoms with van der Waals surface area (Å²) in [7, 11) is 0. The molecule has 2 aliphatic heterocycles. The maximum absolute atomic E-state index is 13.2. The van der Waals surface area contributed by atoms with Crippen LogP contribution in [-0.4, -0.2) is 76.5 Å². The second-order valence-corrected chi connectivity index (χ2v) is 9.47. The van der Waals surface area contributed by atoms with Gasteiger partial charge in [-0.15, -0.1) is 28.2 Å². The van der Waals surface area contributed by atoms with E-state index in [2.05, 4.69) is 40.9 Å². The molecule has 5 heterocycles. The van der Waals surface area contributed by atoms with E-state index in [0.717, 1.165) is 16.9 Å². The van der Waals surface area contributed by atoms with Crippen LogP contribution in [0.5, 0.6) is 0 Å². The molecule has 0 saturated carbocycles. The van der Waals surface area contributed by atoms with Gasteiger partial charge in [-0.2, -0.15) is 0 Å². The second-order valence-electron chi connectivity index (χ2n) is 7.48. The van der Waals surface area contributed by atoms with Crippen molar-refractivity contribution in [3.05, 3.63) is 53.1 Å². The van der Waals surface area contributed by atoms with Crippen molar-refractivity contribution in [1.29, 1.82) is 0 Å². The largest absolute Gasteiger partial charge is 0.532 e. The van der Waals surface area contributed by atoms with Crippen LogP contribution in [0.3, 0.4) is 0 Å². The van der Waals surface area contributed by atoms with Crippen molar-refractivity contribution in [3.8, 4) is 0 Å². The number of carbonyl (C=O) groups excluding carboxylic acids is 2. The Bertz CT molecular complexity index is 1370. The molecule has 184 valence electrons. The van der Waals surface area contributed by atoms with Gasteiger partial charge in [0.1, 0.15) is 17.1 Å². The van der Waals surface area contributed by atoms with Crippen molar-refractivity contribution in [2.24, 2.45) is 5.16 Å². The van der Waals surface area contributed by atoms with Crippen molar-refractivity contribution < 1.29 is 28.9 Å². The number of anilines is 1. The van der Waals surface area contributed by atoms with Gasteiger partial charge in [0.15, 0.2) is 35.6 Å². The minimum atomic E-state index is -1.71. The Hall–Kier alpha value is -4.38. The summed E-state index contributed by atoms with van der Waals surface area (Å²) in [5.74, 6) is -0.346. The molecule has 15 nitrogen and oxygen atoms in total. The van der Waals surface area contributed by atoms with E-state index in [0.29, 0.717) is 23.8 Å². The number of hydrogen-bond acceptors (Lipinski definition) is 12. The van der Waals surface area contributed by atoms with Crippen LogP contribution in [0.25, 0.3) is 5.70 Å². The minimum Gasteiger partial charge on any atom is -0.448 e. The van der Waals surface area contributed by atoms with Gasteiger partial charge in [-0.25, -0.2) is 19.4 Å². The lowest BCUT2D eigenvalue weighted by atomic mass is 10.0. The number of carbonyl (C=O) groups is 3. The molecule has 2 amide bonds. The van der Waals surface area contributed by atoms with Gasteiger partial charge < -0.3 is 16.2 Å². The summed E-state index contributed by atoms with van der Waals surface area (Å²) in [6.07, 6.45) is 2.11. The van der Waals surface area contributed by atoms with Gasteiger partial charge in [0, 0.05) is 28.8 Å². The first-order chi connectivity index (χ1) is 17.4. The van der Waals surface area contributed by atoms with Crippen LogP contribution in [0.15, 0.2) is 46.7 Å². The van der Waals surface area contributed by atoms with Crippen molar-refractivity contribution in [1.82, 2.24) is 35.8 Å². The van der Waals surface area contributed by atoms with E-state index in [1.807, 2.05) is 35.2 Å². The van der Waals surface area contributed by atoms with Crippen LogP contribution in [0, 0.1) is 0 Å². The average molecular weight is 530 g/mol. The number of thiazole rings is 1. The van der Waals surface area contributed by atoms with Gasteiger partial charge in [0.25, 0.3) is 11.8 Å². The number of oxime groups is 1. The number of aromatic amines is 1. The van der Waals surface area contributed by atoms with Gasteiger partial charge >= 0.3 is 6.16 Å². The number of carboxylic acid groups (broad SMARTS) is 1. The molecular formula is C19H17N10O5S2+. The highest BCUT2D eigenvalue weighted by molar-refractivity contribution is 8.00. The molecule has 1 fully saturated rings. The number of aromatic nitrogens is 6. The van der Waals surface area contributed by atoms with E-state index in [-0.39, 0.29) is 16.7 Å². The number of tetrazole rings is 1. The van der Waals surface area contributed by atoms with Crippen LogP contribution in [0.1, 0.15) is 11.5 Å². The number of rotatable bonds is 7. The average Bonchev–Trinajstić information content (AvgIpc) is 3.55. The number of H-pyrrole nitrogens is 1. The predicted octanol–water partition coefficient (Wildman–Crippen LogP) is -0.564. The van der Waals surface area contributed by atoms with E-state index in [1.165, 1.54) is 22.0 Å². The topological polar surface area (TPSA) is 206 Å². The lowest BCUT2D eigenvalue weighted by Crippen LogP contribution is -2.70. The standard InChI is InChI=1S/C19H16N10O5S2/c20-18-21-10(8-36-18)11(25-34-19(32)33)15(30)22-12-16(31)29-13(14-23-26-27-24-14)9(7-35-17(12)29)6-28-4-2-1-3-5-28/h1-5,8,12,17H,6-7H2,(H4-,20,21,22,23,24,26,27,30,32,33)/p+1/b25-11-/t12-,17-/m1/s1. The van der Waals surface area contributed by atoms with E-state index in [1.54, 1.807) is 0 Å². The van der Waals surface area contributed by atoms with Gasteiger partial charge in [-0.05, 0) is 10.4 Å². The van der Waals surface area contributed by atoms with E-state index in [4.69, 9.17) is 10.8 Å². The van der Waals surface area contributed by atoms with Crippen molar-refractivity contribution >= 4 is 57.6 Å². The molecule has 0 spiro atoms. The van der Waals surface area contributed by atoms with Gasteiger partial charge in [0.05, 0.1) is 5.70 Å². The number of fused-ring (bicyclic) bond motifs is 1. The molecule has 5 N–H and O–H groups in total. The Morgan fingerprint density at radius 1 is 1.36 bits per heavy atom. The number of thioether (sulfide) groups is 1. The second kappa shape index (κ2) is 9.70. The summed E-state index contributed by atoms with van der Waals surface area (Å²) in [6.45, 7) is 0.506. The van der Waals surface area contributed by atoms with Crippen LogP contribution in [0.4, 0.5) is 9.93 Å². The molecule has 0 radical (unpaired) electrons. The fraction of sp³-hybridized carbons (Fsp3) is 0.211. The molecule has 3 aromatic rings. The molecule has 3 aromatic heterocycles. The Labute approximate surface area is 210 Å². The maximum atomic E-state index is 13.2. The molecule has 0 aromatic carbocycles. The van der Waals surface area contributed by atoms with Gasteiger partial charge in [-0.3, -0.25) is 19.3 Å². The number of nitrogens with two attached hydrogens (primary N) is 1. The zero-order chi connectivity index (χ0) is 25.2. The Morgan fingerprint density at radius 2 is 2.17 bits per heavy atom. The van der Waals surface area contributed by atoms with E-state index >= 15 is 0 Å². The maximum Gasteiger partial charge on any atom is 0.532 e. The van der Waals surface area contributed by atoms with Crippen LogP contribution in [-0.2, 0) is 21.0 Å². The highest BCUT2D eigenvalue weighted by atomic mass is 32.2. The van der Waals surface area contributed by atoms with Crippen LogP contribution in [0.2, 0.25) is 0 Å². The van der Waals surface area contributed by atoms with Crippen molar-refractivity contribution in [2.75, 3.05) is 11.5 Å². The van der Waals surface area contributed by atoms with Gasteiger partial charge in [-0.1, -0.05) is 11.2 Å². The van der Waals surface area contributed by atoms with E-state index in [9.17, 15) is 14.4 Å². The lowest BCUT2D eigenvalue weighted by Gasteiger charge is -2.49. The third-order valence-electron chi connectivity index (χ3n) is 5.25. The first kappa shape index (κ1) is 23.4. The van der Waals surface area contributed by atoms with Crippen LogP contribution >= 0.6 is 23.1 Å². The zero-order valence-corrected chi connectivity index (χ0v) is 19.8. The Balaban J connectivity index is 1.39. The molecule has 5 rings (SSSR count). The lowest BCUT2D eigenvalue weighted by molar-refractivity contribution is -0.688. The number of nitrogen functional groups attached to an aromatic ring is 1. The fourth-order valence-electron chi connectivity index (χ4n) is 3.75. The summed E-state index contributed by atoms with van der Waals surface area (Å²) in [4.78, 5) is 46.7. The SMILES string of the molecule is Nc1nc(/C(=N/OC(=O)O)C(=O)N[C@@H]2C(=O)N3C(c4nnn[nH]4)=C(C[n+]4ccccc4)CS[C@H]23)cs1. The molecule has 1 saturated heterocycles. The molecule has 0 bridgehead atoms. The molecule has 17 heteroatoms. The third-order valence-corrected chi connectivity index (χ3v) is 7.26. The fourth-order valence-corrected chi connectivity index (χ4v) is 5.63. The molecule has 36 heavy (non-hydrogen) atoms. The van der Waals surface area contributed by atoms with Crippen LogP contribution < -0.4 is 15.6 Å². The summed E-state index contributed by atoms with van der Waals surface area (Å²) < 4.78 is 1.97. The van der Waals surface area contributed by atoms with E-state index < -0.39 is 29.2 Å². The van der Waals surface area contributed by atoms with Crippen molar-refractivity contribution in [3.63, 3.8) is 0 Å². The molecule has 0 aliphatic carbocycles. The smallest absolute Gasteiger partial charge is 0.448 e. The summed E-state index contributed by atoms with van der Waals surface area (Å²) in [5.41, 5.74) is 6.68. The molecule has 0 unspecified atom stereocenters.